The molecule has 0 unspecified atom stereocenters. The first kappa shape index (κ1) is 14.4. The van der Waals surface area contributed by atoms with Crippen LogP contribution in [0.3, 0.4) is 0 Å². The number of piperidine rings is 1. The maximum Gasteiger partial charge on any atom is 0.257 e. The van der Waals surface area contributed by atoms with Crippen molar-refractivity contribution in [3.63, 3.8) is 0 Å². The molecule has 1 aromatic carbocycles. The van der Waals surface area contributed by atoms with E-state index in [2.05, 4.69) is 11.4 Å². The molecule has 1 amide bonds. The van der Waals surface area contributed by atoms with Crippen LogP contribution in [0.25, 0.3) is 0 Å². The Balaban J connectivity index is 1.95. The quantitative estimate of drug-likeness (QED) is 0.856. The number of likely N-dealkylation sites (tertiary alicyclic amines) is 1. The first-order valence-corrected chi connectivity index (χ1v) is 6.46. The van der Waals surface area contributed by atoms with Crippen molar-refractivity contribution in [1.29, 1.82) is 5.26 Å². The van der Waals surface area contributed by atoms with E-state index in [4.69, 9.17) is 5.26 Å². The molecule has 1 fully saturated rings. The molecule has 0 bridgehead atoms. The fraction of sp³-hybridized carbons (Fsp3) is 0.429. The van der Waals surface area contributed by atoms with Crippen LogP contribution in [0.5, 0.6) is 0 Å². The highest BCUT2D eigenvalue weighted by molar-refractivity contribution is 5.94. The molecule has 106 valence electrons. The third kappa shape index (κ3) is 3.31. The summed E-state index contributed by atoms with van der Waals surface area (Å²) in [7, 11) is 0. The second-order valence-corrected chi connectivity index (χ2v) is 4.78. The molecule has 0 aromatic heterocycles. The number of halogens is 2. The van der Waals surface area contributed by atoms with Gasteiger partial charge in [-0.3, -0.25) is 9.69 Å². The minimum atomic E-state index is -0.857. The Kier molecular flexibility index (Phi) is 4.64. The van der Waals surface area contributed by atoms with Crippen LogP contribution in [0.1, 0.15) is 23.2 Å². The van der Waals surface area contributed by atoms with Crippen molar-refractivity contribution in [2.75, 3.05) is 19.6 Å². The summed E-state index contributed by atoms with van der Waals surface area (Å²) in [6, 6.07) is 5.31. The molecule has 6 heteroatoms. The summed E-state index contributed by atoms with van der Waals surface area (Å²) in [4.78, 5) is 13.9. The van der Waals surface area contributed by atoms with Gasteiger partial charge < -0.3 is 5.32 Å². The minimum Gasteiger partial charge on any atom is -0.349 e. The van der Waals surface area contributed by atoms with Gasteiger partial charge in [-0.2, -0.15) is 5.26 Å². The van der Waals surface area contributed by atoms with Crippen LogP contribution >= 0.6 is 0 Å². The second-order valence-electron chi connectivity index (χ2n) is 4.78. The summed E-state index contributed by atoms with van der Waals surface area (Å²) in [5, 5.41) is 11.2. The van der Waals surface area contributed by atoms with E-state index < -0.39 is 23.1 Å². The average molecular weight is 279 g/mol. The standard InChI is InChI=1S/C14H15F2N3O/c15-11-2-1-3-12(16)13(11)14(20)18-10-4-7-19(8-5-10)9-6-17/h1-3,10H,4-5,7-9H2,(H,18,20). The summed E-state index contributed by atoms with van der Waals surface area (Å²) in [6.45, 7) is 1.75. The number of nitrogens with one attached hydrogen (secondary N) is 1. The van der Waals surface area contributed by atoms with E-state index >= 15 is 0 Å². The third-order valence-electron chi connectivity index (χ3n) is 3.41. The van der Waals surface area contributed by atoms with E-state index in [9.17, 15) is 13.6 Å². The molecule has 1 heterocycles. The fourth-order valence-electron chi connectivity index (χ4n) is 2.31. The first-order valence-electron chi connectivity index (χ1n) is 6.46. The zero-order chi connectivity index (χ0) is 14.5. The van der Waals surface area contributed by atoms with E-state index in [1.165, 1.54) is 6.07 Å². The van der Waals surface area contributed by atoms with Gasteiger partial charge in [-0.25, -0.2) is 8.78 Å². The molecule has 1 N–H and O–H groups in total. The Morgan fingerprint density at radius 1 is 1.35 bits per heavy atom. The Morgan fingerprint density at radius 3 is 2.50 bits per heavy atom. The summed E-state index contributed by atoms with van der Waals surface area (Å²) in [5.74, 6) is -2.44. The van der Waals surface area contributed by atoms with Crippen molar-refractivity contribution in [3.8, 4) is 6.07 Å². The molecule has 2 rings (SSSR count). The van der Waals surface area contributed by atoms with Gasteiger partial charge in [0.25, 0.3) is 5.91 Å². The van der Waals surface area contributed by atoms with Gasteiger partial charge in [0, 0.05) is 19.1 Å². The molecular formula is C14H15F2N3O. The number of carbonyl (C=O) groups is 1. The van der Waals surface area contributed by atoms with Gasteiger partial charge in [0.05, 0.1) is 12.6 Å². The molecule has 4 nitrogen and oxygen atoms in total. The van der Waals surface area contributed by atoms with Crippen molar-refractivity contribution < 1.29 is 13.6 Å². The van der Waals surface area contributed by atoms with Crippen LogP contribution in [0.4, 0.5) is 8.78 Å². The second kappa shape index (κ2) is 6.44. The lowest BCUT2D eigenvalue weighted by Crippen LogP contribution is -2.45. The topological polar surface area (TPSA) is 56.1 Å². The van der Waals surface area contributed by atoms with Crippen LogP contribution in [0.15, 0.2) is 18.2 Å². The molecule has 1 aliphatic rings. The van der Waals surface area contributed by atoms with Gasteiger partial charge in [-0.05, 0) is 25.0 Å². The summed E-state index contributed by atoms with van der Waals surface area (Å²) >= 11 is 0. The predicted octanol–water partition coefficient (Wildman–Crippen LogP) is 1.68. The number of nitriles is 1. The molecule has 0 atom stereocenters. The van der Waals surface area contributed by atoms with E-state index in [1.54, 1.807) is 0 Å². The maximum absolute atomic E-state index is 13.5. The highest BCUT2D eigenvalue weighted by atomic mass is 19.1. The SMILES string of the molecule is N#CCN1CCC(NC(=O)c2c(F)cccc2F)CC1. The van der Waals surface area contributed by atoms with Crippen molar-refractivity contribution in [2.24, 2.45) is 0 Å². The zero-order valence-electron chi connectivity index (χ0n) is 10.9. The van der Waals surface area contributed by atoms with Crippen LogP contribution in [0.2, 0.25) is 0 Å². The molecule has 1 aliphatic heterocycles. The number of amides is 1. The number of nitrogens with zero attached hydrogens (tertiary/aromatic N) is 2. The largest absolute Gasteiger partial charge is 0.349 e. The molecule has 20 heavy (non-hydrogen) atoms. The first-order chi connectivity index (χ1) is 9.61. The van der Waals surface area contributed by atoms with Crippen molar-refractivity contribution in [2.45, 2.75) is 18.9 Å². The molecular weight excluding hydrogens is 264 g/mol. The van der Waals surface area contributed by atoms with E-state index in [1.807, 2.05) is 4.90 Å². The molecule has 0 spiro atoms. The lowest BCUT2D eigenvalue weighted by atomic mass is 10.0. The molecule has 0 saturated carbocycles. The predicted molar refractivity (Wildman–Crippen MR) is 68.9 cm³/mol. The number of hydrogen-bond acceptors (Lipinski definition) is 3. The van der Waals surface area contributed by atoms with Crippen LogP contribution in [0, 0.1) is 23.0 Å². The van der Waals surface area contributed by atoms with E-state index in [-0.39, 0.29) is 6.04 Å². The van der Waals surface area contributed by atoms with E-state index in [0.29, 0.717) is 32.5 Å². The summed E-state index contributed by atoms with van der Waals surface area (Å²) in [5.41, 5.74) is -0.535. The number of carbonyl (C=O) groups excluding carboxylic acids is 1. The van der Waals surface area contributed by atoms with Gasteiger partial charge in [0.2, 0.25) is 0 Å². The Hall–Kier alpha value is -2.00. The third-order valence-corrected chi connectivity index (χ3v) is 3.41. The fourth-order valence-corrected chi connectivity index (χ4v) is 2.31. The Labute approximate surface area is 116 Å². The molecule has 1 aromatic rings. The molecule has 1 saturated heterocycles. The highest BCUT2D eigenvalue weighted by Gasteiger charge is 2.23. The van der Waals surface area contributed by atoms with Crippen molar-refractivity contribution >= 4 is 5.91 Å². The summed E-state index contributed by atoms with van der Waals surface area (Å²) < 4.78 is 26.9. The Bertz CT molecular complexity index is 513. The number of rotatable bonds is 3. The van der Waals surface area contributed by atoms with Crippen LogP contribution < -0.4 is 5.32 Å². The van der Waals surface area contributed by atoms with Crippen molar-refractivity contribution in [1.82, 2.24) is 10.2 Å². The van der Waals surface area contributed by atoms with Crippen molar-refractivity contribution in [3.05, 3.63) is 35.4 Å². The van der Waals surface area contributed by atoms with Gasteiger partial charge in [0.1, 0.15) is 17.2 Å². The van der Waals surface area contributed by atoms with Gasteiger partial charge in [-0.15, -0.1) is 0 Å². The van der Waals surface area contributed by atoms with Gasteiger partial charge >= 0.3 is 0 Å². The maximum atomic E-state index is 13.5. The van der Waals surface area contributed by atoms with Gasteiger partial charge in [-0.1, -0.05) is 6.07 Å². The monoisotopic (exact) mass is 279 g/mol. The average Bonchev–Trinajstić information content (AvgIpc) is 2.41. The van der Waals surface area contributed by atoms with Gasteiger partial charge in [0.15, 0.2) is 0 Å². The highest BCUT2D eigenvalue weighted by Crippen LogP contribution is 2.14. The molecule has 0 radical (unpaired) electrons. The van der Waals surface area contributed by atoms with Crippen LogP contribution in [-0.2, 0) is 0 Å². The van der Waals surface area contributed by atoms with E-state index in [0.717, 1.165) is 12.1 Å². The number of hydrogen-bond donors (Lipinski definition) is 1. The lowest BCUT2D eigenvalue weighted by Gasteiger charge is -2.30. The zero-order valence-corrected chi connectivity index (χ0v) is 10.9. The number of benzene rings is 1. The smallest absolute Gasteiger partial charge is 0.257 e. The minimum absolute atomic E-state index is 0.114. The lowest BCUT2D eigenvalue weighted by molar-refractivity contribution is 0.0906. The molecule has 0 aliphatic carbocycles. The normalized spacial score (nSPS) is 16.6. The summed E-state index contributed by atoms with van der Waals surface area (Å²) in [6.07, 6.45) is 1.34. The van der Waals surface area contributed by atoms with Crippen LogP contribution in [-0.4, -0.2) is 36.5 Å². The Morgan fingerprint density at radius 2 is 1.95 bits per heavy atom.